The van der Waals surface area contributed by atoms with Crippen molar-refractivity contribution < 1.29 is 9.59 Å². The topological polar surface area (TPSA) is 34.1 Å². The average Bonchev–Trinajstić information content (AvgIpc) is 3.21. The van der Waals surface area contributed by atoms with Crippen LogP contribution in [0.5, 0.6) is 0 Å². The molecule has 1 fully saturated rings. The van der Waals surface area contributed by atoms with E-state index in [0.717, 1.165) is 26.9 Å². The Morgan fingerprint density at radius 3 is 1.50 bits per heavy atom. The monoisotopic (exact) mass is 406 g/mol. The first kappa shape index (κ1) is 20.4. The van der Waals surface area contributed by atoms with Gasteiger partial charge in [-0.2, -0.15) is 0 Å². The minimum absolute atomic E-state index is 0.240. The molecular formula is C24H22O2S2. The van der Waals surface area contributed by atoms with Crippen molar-refractivity contribution in [3.05, 3.63) is 92.7 Å². The fraction of sp³-hybridized carbons (Fsp3) is 0.167. The molecule has 2 aromatic carbocycles. The van der Waals surface area contributed by atoms with Crippen LogP contribution in [0.15, 0.2) is 70.5 Å². The maximum Gasteiger partial charge on any atom is 0.191 e. The number of ketones is 2. The highest BCUT2D eigenvalue weighted by Crippen LogP contribution is 2.39. The molecule has 0 aliphatic carbocycles. The second kappa shape index (κ2) is 9.76. The summed E-state index contributed by atoms with van der Waals surface area (Å²) in [6, 6.07) is 15.9. The van der Waals surface area contributed by atoms with Crippen LogP contribution in [0.3, 0.4) is 0 Å². The molecule has 2 aromatic rings. The van der Waals surface area contributed by atoms with Gasteiger partial charge in [-0.1, -0.05) is 71.8 Å². The standard InChI is InChI=1S/C24H22O2S2/c1-17-3-7-19(8-4-17)11-13-21(25)23(24-27-15-16-28-24)22(26)14-12-20-9-5-18(2)6-10-20/h3-14H,15-16H2,1-2H3/b13-11+,14-12+. The smallest absolute Gasteiger partial charge is 0.191 e. The van der Waals surface area contributed by atoms with Crippen LogP contribution in [0.1, 0.15) is 22.3 Å². The van der Waals surface area contributed by atoms with Gasteiger partial charge in [0.1, 0.15) is 0 Å². The molecule has 0 saturated carbocycles. The van der Waals surface area contributed by atoms with Gasteiger partial charge in [0, 0.05) is 11.5 Å². The Labute approximate surface area is 174 Å². The van der Waals surface area contributed by atoms with Gasteiger partial charge in [-0.15, -0.1) is 23.5 Å². The van der Waals surface area contributed by atoms with Crippen LogP contribution in [-0.4, -0.2) is 23.1 Å². The highest BCUT2D eigenvalue weighted by atomic mass is 32.2. The Morgan fingerprint density at radius 2 is 1.11 bits per heavy atom. The van der Waals surface area contributed by atoms with E-state index in [0.29, 0.717) is 0 Å². The summed E-state index contributed by atoms with van der Waals surface area (Å²) in [5, 5.41) is 0. The number of aryl methyl sites for hydroxylation is 2. The molecule has 28 heavy (non-hydrogen) atoms. The molecule has 0 amide bonds. The third kappa shape index (κ3) is 5.60. The molecule has 1 aliphatic heterocycles. The first-order valence-corrected chi connectivity index (χ1v) is 11.1. The van der Waals surface area contributed by atoms with Gasteiger partial charge in [-0.05, 0) is 37.1 Å². The number of hydrogen-bond acceptors (Lipinski definition) is 4. The molecule has 0 atom stereocenters. The third-order valence-corrected chi connectivity index (χ3v) is 6.97. The number of hydrogen-bond donors (Lipinski definition) is 0. The zero-order valence-corrected chi connectivity index (χ0v) is 17.6. The quantitative estimate of drug-likeness (QED) is 0.342. The lowest BCUT2D eigenvalue weighted by atomic mass is 10.0. The van der Waals surface area contributed by atoms with E-state index in [-0.39, 0.29) is 17.1 Å². The second-order valence-corrected chi connectivity index (χ2v) is 9.04. The van der Waals surface area contributed by atoms with E-state index in [1.54, 1.807) is 35.7 Å². The molecule has 1 saturated heterocycles. The van der Waals surface area contributed by atoms with Crippen molar-refractivity contribution in [3.8, 4) is 0 Å². The van der Waals surface area contributed by atoms with Crippen molar-refractivity contribution in [3.63, 3.8) is 0 Å². The molecule has 0 radical (unpaired) electrons. The average molecular weight is 407 g/mol. The van der Waals surface area contributed by atoms with Gasteiger partial charge in [-0.25, -0.2) is 0 Å². The SMILES string of the molecule is Cc1ccc(/C=C/C(=O)C(C(=O)/C=C/c2ccc(C)cc2)=C2SCCS2)cc1. The van der Waals surface area contributed by atoms with Crippen LogP contribution in [0.2, 0.25) is 0 Å². The predicted molar refractivity (Wildman–Crippen MR) is 122 cm³/mol. The zero-order valence-electron chi connectivity index (χ0n) is 16.0. The van der Waals surface area contributed by atoms with Crippen molar-refractivity contribution in [2.24, 2.45) is 0 Å². The van der Waals surface area contributed by atoms with Crippen LogP contribution >= 0.6 is 23.5 Å². The van der Waals surface area contributed by atoms with Crippen molar-refractivity contribution in [1.82, 2.24) is 0 Å². The summed E-state index contributed by atoms with van der Waals surface area (Å²) >= 11 is 3.18. The summed E-state index contributed by atoms with van der Waals surface area (Å²) in [6.07, 6.45) is 6.54. The second-order valence-electron chi connectivity index (χ2n) is 6.58. The Hall–Kier alpha value is -2.30. The molecule has 0 spiro atoms. The van der Waals surface area contributed by atoms with E-state index in [4.69, 9.17) is 0 Å². The fourth-order valence-electron chi connectivity index (χ4n) is 2.64. The van der Waals surface area contributed by atoms with E-state index >= 15 is 0 Å². The Morgan fingerprint density at radius 1 is 0.714 bits per heavy atom. The summed E-state index contributed by atoms with van der Waals surface area (Å²) in [7, 11) is 0. The summed E-state index contributed by atoms with van der Waals surface area (Å²) in [5.41, 5.74) is 4.50. The highest BCUT2D eigenvalue weighted by molar-refractivity contribution is 8.25. The lowest BCUT2D eigenvalue weighted by molar-refractivity contribution is -0.116. The fourth-order valence-corrected chi connectivity index (χ4v) is 5.20. The van der Waals surface area contributed by atoms with Crippen LogP contribution in [0, 0.1) is 13.8 Å². The van der Waals surface area contributed by atoms with E-state index in [2.05, 4.69) is 0 Å². The number of allylic oxidation sites excluding steroid dienone is 3. The van der Waals surface area contributed by atoms with Crippen molar-refractivity contribution in [1.29, 1.82) is 0 Å². The minimum Gasteiger partial charge on any atom is -0.289 e. The van der Waals surface area contributed by atoms with Crippen LogP contribution < -0.4 is 0 Å². The Bertz CT molecular complexity index is 872. The predicted octanol–water partition coefficient (Wildman–Crippen LogP) is 5.86. The van der Waals surface area contributed by atoms with Crippen LogP contribution in [0.25, 0.3) is 12.2 Å². The minimum atomic E-state index is -0.240. The largest absolute Gasteiger partial charge is 0.289 e. The summed E-state index contributed by atoms with van der Waals surface area (Å²) < 4.78 is 0.831. The Balaban J connectivity index is 1.81. The van der Waals surface area contributed by atoms with E-state index in [9.17, 15) is 9.59 Å². The first-order chi connectivity index (χ1) is 13.5. The van der Waals surface area contributed by atoms with E-state index in [1.807, 2.05) is 62.4 Å². The molecule has 3 rings (SSSR count). The van der Waals surface area contributed by atoms with E-state index in [1.165, 1.54) is 23.3 Å². The molecule has 142 valence electrons. The zero-order chi connectivity index (χ0) is 19.9. The summed E-state index contributed by atoms with van der Waals surface area (Å²) in [5.74, 6) is 1.37. The van der Waals surface area contributed by atoms with Gasteiger partial charge in [-0.3, -0.25) is 9.59 Å². The number of rotatable bonds is 6. The molecule has 0 N–H and O–H groups in total. The summed E-state index contributed by atoms with van der Waals surface area (Å²) in [4.78, 5) is 25.7. The number of carbonyl (C=O) groups excluding carboxylic acids is 2. The van der Waals surface area contributed by atoms with Crippen LogP contribution in [0.4, 0.5) is 0 Å². The highest BCUT2D eigenvalue weighted by Gasteiger charge is 2.23. The molecule has 2 nitrogen and oxygen atoms in total. The maximum atomic E-state index is 12.8. The molecular weight excluding hydrogens is 384 g/mol. The van der Waals surface area contributed by atoms with Gasteiger partial charge in [0.15, 0.2) is 11.6 Å². The summed E-state index contributed by atoms with van der Waals surface area (Å²) in [6.45, 7) is 4.05. The van der Waals surface area contributed by atoms with Gasteiger partial charge in [0.2, 0.25) is 0 Å². The molecule has 1 aliphatic rings. The molecule has 1 heterocycles. The van der Waals surface area contributed by atoms with Gasteiger partial charge < -0.3 is 0 Å². The number of carbonyl (C=O) groups is 2. The van der Waals surface area contributed by atoms with E-state index < -0.39 is 0 Å². The number of benzene rings is 2. The van der Waals surface area contributed by atoms with Gasteiger partial charge in [0.25, 0.3) is 0 Å². The third-order valence-electron chi connectivity index (χ3n) is 4.26. The van der Waals surface area contributed by atoms with Gasteiger partial charge >= 0.3 is 0 Å². The molecule has 4 heteroatoms. The normalized spacial score (nSPS) is 14.1. The van der Waals surface area contributed by atoms with Crippen molar-refractivity contribution in [2.75, 3.05) is 11.5 Å². The molecule has 0 bridgehead atoms. The lowest BCUT2D eigenvalue weighted by Gasteiger charge is -2.04. The van der Waals surface area contributed by atoms with Crippen LogP contribution in [-0.2, 0) is 9.59 Å². The molecule has 0 aromatic heterocycles. The van der Waals surface area contributed by atoms with Crippen molar-refractivity contribution >= 4 is 47.2 Å². The number of thioether (sulfide) groups is 2. The Kier molecular flexibility index (Phi) is 7.12. The van der Waals surface area contributed by atoms with Gasteiger partial charge in [0.05, 0.1) is 9.81 Å². The first-order valence-electron chi connectivity index (χ1n) is 9.11. The molecule has 0 unspecified atom stereocenters. The van der Waals surface area contributed by atoms with Crippen molar-refractivity contribution in [2.45, 2.75) is 13.8 Å². The maximum absolute atomic E-state index is 12.8. The lowest BCUT2D eigenvalue weighted by Crippen LogP contribution is -2.10.